The first-order valence-electron chi connectivity index (χ1n) is 22.5. The van der Waals surface area contributed by atoms with Gasteiger partial charge in [0.25, 0.3) is 0 Å². The van der Waals surface area contributed by atoms with Crippen LogP contribution < -0.4 is 0 Å². The number of methoxy groups -OCH3 is 1. The Morgan fingerprint density at radius 1 is 0.369 bits per heavy atom. The molecule has 2 saturated heterocycles. The molecular weight excluding hydrogens is 821 g/mol. The van der Waals surface area contributed by atoms with Crippen molar-refractivity contribution in [2.24, 2.45) is 0 Å². The van der Waals surface area contributed by atoms with Crippen molar-refractivity contribution in [2.45, 2.75) is 101 Å². The van der Waals surface area contributed by atoms with Gasteiger partial charge in [0, 0.05) is 13.5 Å². The van der Waals surface area contributed by atoms with Gasteiger partial charge in [0.1, 0.15) is 36.6 Å². The van der Waals surface area contributed by atoms with Gasteiger partial charge < -0.3 is 47.4 Å². The van der Waals surface area contributed by atoms with Crippen molar-refractivity contribution in [3.8, 4) is 0 Å². The van der Waals surface area contributed by atoms with Crippen LogP contribution in [0.25, 0.3) is 0 Å². The topological polar surface area (TPSA) is 92.3 Å². The minimum absolute atomic E-state index is 0.0964. The fourth-order valence-electron chi connectivity index (χ4n) is 8.19. The lowest BCUT2D eigenvalue weighted by atomic mass is 9.97. The molecule has 340 valence electrons. The molecule has 0 bridgehead atoms. The highest BCUT2D eigenvalue weighted by Crippen LogP contribution is 2.33. The molecule has 8 rings (SSSR count). The van der Waals surface area contributed by atoms with E-state index < -0.39 is 55.3 Å². The quantitative estimate of drug-likeness (QED) is 0.0620. The summed E-state index contributed by atoms with van der Waals surface area (Å²) >= 11 is 0. The number of benzene rings is 6. The Labute approximate surface area is 383 Å². The van der Waals surface area contributed by atoms with Crippen LogP contribution in [0.15, 0.2) is 182 Å². The molecule has 6 aromatic carbocycles. The van der Waals surface area contributed by atoms with Crippen LogP contribution in [-0.2, 0) is 87.0 Å². The van der Waals surface area contributed by atoms with Gasteiger partial charge in [0.05, 0.1) is 59.0 Å². The van der Waals surface area contributed by atoms with Crippen LogP contribution in [0.5, 0.6) is 0 Å². The smallest absolute Gasteiger partial charge is 0.186 e. The van der Waals surface area contributed by atoms with Gasteiger partial charge in [-0.15, -0.1) is 0 Å². The third-order valence-corrected chi connectivity index (χ3v) is 11.6. The molecule has 0 saturated carbocycles. The lowest BCUT2D eigenvalue weighted by molar-refractivity contribution is -0.334. The van der Waals surface area contributed by atoms with Gasteiger partial charge in [-0.25, -0.2) is 0 Å². The van der Waals surface area contributed by atoms with Crippen molar-refractivity contribution in [1.29, 1.82) is 0 Å². The summed E-state index contributed by atoms with van der Waals surface area (Å²) in [6.45, 7) is 2.51. The summed E-state index contributed by atoms with van der Waals surface area (Å²) < 4.78 is 66.6. The first-order valence-corrected chi connectivity index (χ1v) is 22.5. The molecule has 0 aliphatic carbocycles. The predicted octanol–water partition coefficient (Wildman–Crippen LogP) is 9.63. The van der Waals surface area contributed by atoms with Gasteiger partial charge in [-0.3, -0.25) is 0 Å². The Kier molecular flexibility index (Phi) is 17.9. The first-order chi connectivity index (χ1) is 32.2. The van der Waals surface area contributed by atoms with E-state index in [9.17, 15) is 0 Å². The van der Waals surface area contributed by atoms with E-state index in [-0.39, 0.29) is 13.2 Å². The van der Waals surface area contributed by atoms with E-state index in [0.717, 1.165) is 33.4 Å². The third kappa shape index (κ3) is 14.0. The highest BCUT2D eigenvalue weighted by atomic mass is 16.7. The Bertz CT molecular complexity index is 2190. The number of hydrogen-bond donors (Lipinski definition) is 0. The average Bonchev–Trinajstić information content (AvgIpc) is 3.37. The summed E-state index contributed by atoms with van der Waals surface area (Å²) in [6, 6.07) is 60.6. The summed E-state index contributed by atoms with van der Waals surface area (Å²) in [5.74, 6) is 0. The van der Waals surface area contributed by atoms with E-state index in [1.165, 1.54) is 0 Å². The minimum atomic E-state index is -0.797. The molecular formula is C55H60O10. The van der Waals surface area contributed by atoms with Crippen molar-refractivity contribution < 1.29 is 47.4 Å². The zero-order chi connectivity index (χ0) is 44.3. The molecule has 0 aromatic heterocycles. The molecule has 0 unspecified atom stereocenters. The van der Waals surface area contributed by atoms with Crippen molar-refractivity contribution in [3.05, 3.63) is 215 Å². The van der Waals surface area contributed by atoms with Crippen LogP contribution in [0.1, 0.15) is 39.8 Å². The maximum absolute atomic E-state index is 6.84. The molecule has 2 fully saturated rings. The van der Waals surface area contributed by atoms with Crippen LogP contribution in [-0.4, -0.2) is 75.6 Å². The van der Waals surface area contributed by atoms with Gasteiger partial charge in [-0.1, -0.05) is 182 Å². The zero-order valence-electron chi connectivity index (χ0n) is 37.0. The van der Waals surface area contributed by atoms with Gasteiger partial charge in [-0.05, 0) is 33.4 Å². The predicted molar refractivity (Wildman–Crippen MR) is 246 cm³/mol. The molecule has 2 aliphatic heterocycles. The molecule has 65 heavy (non-hydrogen) atoms. The SMILES string of the molecule is CO[C@H]1O[C@H](CO[C@@H]2C[C@@H](OCc3ccccc3)[C@@H](OCc3ccccc3)[C@@H](COCc3ccccc3)O2)[C@@H](OCc2ccccc2)[C@H](OCc2ccccc2)[C@H]1OCc1ccccc1. The molecule has 0 radical (unpaired) electrons. The highest BCUT2D eigenvalue weighted by Gasteiger charge is 2.50. The third-order valence-electron chi connectivity index (χ3n) is 11.6. The largest absolute Gasteiger partial charge is 0.374 e. The van der Waals surface area contributed by atoms with E-state index in [4.69, 9.17) is 47.4 Å². The Morgan fingerprint density at radius 3 is 1.18 bits per heavy atom. The van der Waals surface area contributed by atoms with Gasteiger partial charge in [0.2, 0.25) is 0 Å². The lowest BCUT2D eigenvalue weighted by Gasteiger charge is -2.46. The van der Waals surface area contributed by atoms with E-state index in [0.29, 0.717) is 46.1 Å². The molecule has 0 spiro atoms. The molecule has 2 heterocycles. The van der Waals surface area contributed by atoms with Crippen LogP contribution in [0.3, 0.4) is 0 Å². The summed E-state index contributed by atoms with van der Waals surface area (Å²) in [4.78, 5) is 0. The van der Waals surface area contributed by atoms with Crippen LogP contribution >= 0.6 is 0 Å². The van der Waals surface area contributed by atoms with Crippen molar-refractivity contribution in [2.75, 3.05) is 20.3 Å². The van der Waals surface area contributed by atoms with Gasteiger partial charge in [0.15, 0.2) is 12.6 Å². The molecule has 0 N–H and O–H groups in total. The summed E-state index contributed by atoms with van der Waals surface area (Å²) in [7, 11) is 1.62. The monoisotopic (exact) mass is 880 g/mol. The van der Waals surface area contributed by atoms with Crippen molar-refractivity contribution >= 4 is 0 Å². The Morgan fingerprint density at radius 2 is 0.738 bits per heavy atom. The summed E-state index contributed by atoms with van der Waals surface area (Å²) in [5.41, 5.74) is 6.22. The van der Waals surface area contributed by atoms with Crippen LogP contribution in [0, 0.1) is 0 Å². The highest BCUT2D eigenvalue weighted by molar-refractivity contribution is 5.18. The van der Waals surface area contributed by atoms with Gasteiger partial charge in [-0.2, -0.15) is 0 Å². The molecule has 0 amide bonds. The maximum atomic E-state index is 6.84. The van der Waals surface area contributed by atoms with Crippen molar-refractivity contribution in [1.82, 2.24) is 0 Å². The number of hydrogen-bond acceptors (Lipinski definition) is 10. The second-order valence-electron chi connectivity index (χ2n) is 16.3. The fourth-order valence-corrected chi connectivity index (χ4v) is 8.19. The second-order valence-corrected chi connectivity index (χ2v) is 16.3. The Balaban J connectivity index is 1.05. The van der Waals surface area contributed by atoms with E-state index >= 15 is 0 Å². The zero-order valence-corrected chi connectivity index (χ0v) is 37.0. The van der Waals surface area contributed by atoms with Crippen LogP contribution in [0.2, 0.25) is 0 Å². The lowest BCUT2D eigenvalue weighted by Crippen LogP contribution is -2.62. The van der Waals surface area contributed by atoms with Gasteiger partial charge >= 0.3 is 0 Å². The molecule has 6 aromatic rings. The van der Waals surface area contributed by atoms with Crippen LogP contribution in [0.4, 0.5) is 0 Å². The number of rotatable bonds is 23. The minimum Gasteiger partial charge on any atom is -0.374 e. The Hall–Kier alpha value is -5.08. The maximum Gasteiger partial charge on any atom is 0.186 e. The standard InChI is InChI=1S/C55H60O10/c1-56-55-54(63-38-46-30-18-7-19-31-46)53(62-37-45-28-16-6-17-29-45)52(61-36-44-26-14-5-15-27-44)49(65-55)40-59-50-32-47(58-34-42-22-10-3-11-23-42)51(60-35-43-24-12-4-13-25-43)48(64-50)39-57-33-41-20-8-2-9-21-41/h2-31,47-55H,32-40H2,1H3/t47-,48-,49-,50+,51-,52-,53+,54-,55+/m1/s1. The number of ether oxygens (including phenoxy) is 10. The molecule has 9 atom stereocenters. The van der Waals surface area contributed by atoms with Crippen molar-refractivity contribution in [3.63, 3.8) is 0 Å². The second kappa shape index (κ2) is 25.0. The van der Waals surface area contributed by atoms with E-state index in [2.05, 4.69) is 24.3 Å². The molecule has 10 heteroatoms. The first kappa shape index (κ1) is 46.4. The fraction of sp³-hybridized carbons (Fsp3) is 0.345. The van der Waals surface area contributed by atoms with E-state index in [1.807, 2.05) is 158 Å². The molecule has 2 aliphatic rings. The normalized spacial score (nSPS) is 24.4. The molecule has 10 nitrogen and oxygen atoms in total. The summed E-state index contributed by atoms with van der Waals surface area (Å²) in [6.07, 6.45) is -5.02. The average molecular weight is 881 g/mol. The summed E-state index contributed by atoms with van der Waals surface area (Å²) in [5, 5.41) is 0. The van der Waals surface area contributed by atoms with E-state index in [1.54, 1.807) is 7.11 Å².